The molecule has 0 fully saturated rings. The van der Waals surface area contributed by atoms with E-state index in [0.717, 1.165) is 29.9 Å². The summed E-state index contributed by atoms with van der Waals surface area (Å²) in [6.07, 6.45) is 4.90. The minimum Gasteiger partial charge on any atom is -0.494 e. The van der Waals surface area contributed by atoms with Crippen molar-refractivity contribution in [2.24, 2.45) is 0 Å². The zero-order valence-electron chi connectivity index (χ0n) is 12.6. The SMILES string of the molecule is CCCCCCOc1ccc2cc(OCCCl)ccc2c1. The molecular formula is C18H23ClO2. The molecular weight excluding hydrogens is 284 g/mol. The van der Waals surface area contributed by atoms with Crippen molar-refractivity contribution in [3.63, 3.8) is 0 Å². The second kappa shape index (κ2) is 8.78. The molecule has 2 rings (SSSR count). The lowest BCUT2D eigenvalue weighted by Gasteiger charge is -2.09. The molecule has 0 bridgehead atoms. The second-order valence-electron chi connectivity index (χ2n) is 5.12. The summed E-state index contributed by atoms with van der Waals surface area (Å²) >= 11 is 5.63. The highest BCUT2D eigenvalue weighted by Gasteiger charge is 2.00. The van der Waals surface area contributed by atoms with Gasteiger partial charge in [-0.05, 0) is 41.5 Å². The Morgan fingerprint density at radius 1 is 0.810 bits per heavy atom. The Labute approximate surface area is 132 Å². The van der Waals surface area contributed by atoms with Crippen molar-refractivity contribution in [1.29, 1.82) is 0 Å². The third kappa shape index (κ3) is 5.13. The van der Waals surface area contributed by atoms with Crippen molar-refractivity contribution in [2.45, 2.75) is 32.6 Å². The van der Waals surface area contributed by atoms with Crippen molar-refractivity contribution in [3.8, 4) is 11.5 Å². The predicted octanol–water partition coefficient (Wildman–Crippen LogP) is 5.42. The van der Waals surface area contributed by atoms with Crippen LogP contribution in [0.5, 0.6) is 11.5 Å². The van der Waals surface area contributed by atoms with Gasteiger partial charge in [-0.3, -0.25) is 0 Å². The lowest BCUT2D eigenvalue weighted by Crippen LogP contribution is -1.98. The first-order chi connectivity index (χ1) is 10.3. The summed E-state index contributed by atoms with van der Waals surface area (Å²) in [5.41, 5.74) is 0. The zero-order valence-corrected chi connectivity index (χ0v) is 13.4. The Bertz CT molecular complexity index is 554. The Balaban J connectivity index is 1.95. The van der Waals surface area contributed by atoms with Crippen LogP contribution in [0.25, 0.3) is 10.8 Å². The van der Waals surface area contributed by atoms with E-state index in [1.165, 1.54) is 24.6 Å². The molecule has 0 aliphatic rings. The fourth-order valence-corrected chi connectivity index (χ4v) is 2.33. The smallest absolute Gasteiger partial charge is 0.119 e. The van der Waals surface area contributed by atoms with Crippen LogP contribution in [0.1, 0.15) is 32.6 Å². The van der Waals surface area contributed by atoms with E-state index >= 15 is 0 Å². The largest absolute Gasteiger partial charge is 0.494 e. The van der Waals surface area contributed by atoms with Crippen LogP contribution in [0.15, 0.2) is 36.4 Å². The molecule has 0 saturated carbocycles. The van der Waals surface area contributed by atoms with Gasteiger partial charge in [0, 0.05) is 0 Å². The van der Waals surface area contributed by atoms with Crippen LogP contribution < -0.4 is 9.47 Å². The predicted molar refractivity (Wildman–Crippen MR) is 89.8 cm³/mol. The number of rotatable bonds is 9. The summed E-state index contributed by atoms with van der Waals surface area (Å²) in [5.74, 6) is 2.30. The third-order valence-electron chi connectivity index (χ3n) is 3.40. The first-order valence-corrected chi connectivity index (χ1v) is 8.22. The Morgan fingerprint density at radius 2 is 1.43 bits per heavy atom. The van der Waals surface area contributed by atoms with Crippen LogP contribution in [0.2, 0.25) is 0 Å². The summed E-state index contributed by atoms with van der Waals surface area (Å²) < 4.78 is 11.3. The van der Waals surface area contributed by atoms with Gasteiger partial charge in [-0.1, -0.05) is 38.3 Å². The molecule has 0 heterocycles. The first kappa shape index (κ1) is 16.0. The highest BCUT2D eigenvalue weighted by atomic mass is 35.5. The maximum absolute atomic E-state index is 5.81. The zero-order chi connectivity index (χ0) is 14.9. The third-order valence-corrected chi connectivity index (χ3v) is 3.55. The molecule has 0 spiro atoms. The molecule has 2 aromatic rings. The number of unbranched alkanes of at least 4 members (excludes halogenated alkanes) is 3. The Hall–Kier alpha value is -1.41. The maximum atomic E-state index is 5.81. The van der Waals surface area contributed by atoms with E-state index in [1.807, 2.05) is 18.2 Å². The van der Waals surface area contributed by atoms with Gasteiger partial charge in [0.25, 0.3) is 0 Å². The maximum Gasteiger partial charge on any atom is 0.119 e. The molecule has 0 amide bonds. The normalized spacial score (nSPS) is 10.8. The van der Waals surface area contributed by atoms with Gasteiger partial charge in [0.15, 0.2) is 0 Å². The standard InChI is InChI=1S/C18H23ClO2/c1-2-3-4-5-11-20-17-8-6-16-14-18(21-12-10-19)9-7-15(16)13-17/h6-9,13-14H,2-5,10-12H2,1H3. The van der Waals surface area contributed by atoms with Crippen LogP contribution >= 0.6 is 11.6 Å². The monoisotopic (exact) mass is 306 g/mol. The minimum atomic E-state index is 0.503. The fraction of sp³-hybridized carbons (Fsp3) is 0.444. The number of ether oxygens (including phenoxy) is 2. The van der Waals surface area contributed by atoms with Crippen LogP contribution in [-0.4, -0.2) is 19.1 Å². The van der Waals surface area contributed by atoms with Gasteiger partial charge in [-0.15, -0.1) is 11.6 Å². The van der Waals surface area contributed by atoms with Crippen molar-refractivity contribution < 1.29 is 9.47 Å². The average Bonchev–Trinajstić information content (AvgIpc) is 2.52. The fourth-order valence-electron chi connectivity index (χ4n) is 2.26. The first-order valence-electron chi connectivity index (χ1n) is 7.69. The van der Waals surface area contributed by atoms with Gasteiger partial charge in [0.2, 0.25) is 0 Å². The van der Waals surface area contributed by atoms with E-state index in [2.05, 4.69) is 25.1 Å². The summed E-state index contributed by atoms with van der Waals surface area (Å²) in [6, 6.07) is 12.2. The second-order valence-corrected chi connectivity index (χ2v) is 5.50. The number of alkyl halides is 1. The number of halogens is 1. The highest BCUT2D eigenvalue weighted by Crippen LogP contribution is 2.25. The van der Waals surface area contributed by atoms with Gasteiger partial charge in [-0.2, -0.15) is 0 Å². The van der Waals surface area contributed by atoms with Gasteiger partial charge >= 0.3 is 0 Å². The molecule has 2 nitrogen and oxygen atoms in total. The molecule has 0 atom stereocenters. The average molecular weight is 307 g/mol. The molecule has 2 aromatic carbocycles. The molecule has 0 aliphatic heterocycles. The number of fused-ring (bicyclic) bond motifs is 1. The molecule has 0 aliphatic carbocycles. The Kier molecular flexibility index (Phi) is 6.68. The molecule has 0 N–H and O–H groups in total. The van der Waals surface area contributed by atoms with Crippen LogP contribution in [0.4, 0.5) is 0 Å². The molecule has 21 heavy (non-hydrogen) atoms. The van der Waals surface area contributed by atoms with Crippen molar-refractivity contribution >= 4 is 22.4 Å². The van der Waals surface area contributed by atoms with Crippen molar-refractivity contribution in [3.05, 3.63) is 36.4 Å². The number of benzene rings is 2. The number of hydrogen-bond acceptors (Lipinski definition) is 2. The Morgan fingerprint density at radius 3 is 2.00 bits per heavy atom. The summed E-state index contributed by atoms with van der Waals surface area (Å²) in [6.45, 7) is 3.55. The van der Waals surface area contributed by atoms with Crippen LogP contribution in [0.3, 0.4) is 0 Å². The van der Waals surface area contributed by atoms with Gasteiger partial charge in [0.1, 0.15) is 18.1 Å². The van der Waals surface area contributed by atoms with E-state index in [1.54, 1.807) is 0 Å². The van der Waals surface area contributed by atoms with Crippen molar-refractivity contribution in [1.82, 2.24) is 0 Å². The van der Waals surface area contributed by atoms with E-state index in [0.29, 0.717) is 12.5 Å². The lowest BCUT2D eigenvalue weighted by molar-refractivity contribution is 0.305. The topological polar surface area (TPSA) is 18.5 Å². The number of hydrogen-bond donors (Lipinski definition) is 0. The van der Waals surface area contributed by atoms with E-state index in [-0.39, 0.29) is 0 Å². The molecule has 3 heteroatoms. The van der Waals surface area contributed by atoms with Crippen LogP contribution in [-0.2, 0) is 0 Å². The molecule has 0 saturated heterocycles. The molecule has 114 valence electrons. The van der Waals surface area contributed by atoms with Gasteiger partial charge < -0.3 is 9.47 Å². The molecule has 0 radical (unpaired) electrons. The van der Waals surface area contributed by atoms with Gasteiger partial charge in [-0.25, -0.2) is 0 Å². The van der Waals surface area contributed by atoms with E-state index < -0.39 is 0 Å². The van der Waals surface area contributed by atoms with E-state index in [4.69, 9.17) is 21.1 Å². The van der Waals surface area contributed by atoms with Crippen LogP contribution in [0, 0.1) is 0 Å². The van der Waals surface area contributed by atoms with E-state index in [9.17, 15) is 0 Å². The van der Waals surface area contributed by atoms with Gasteiger partial charge in [0.05, 0.1) is 12.5 Å². The lowest BCUT2D eigenvalue weighted by atomic mass is 10.1. The minimum absolute atomic E-state index is 0.503. The summed E-state index contributed by atoms with van der Waals surface area (Å²) in [4.78, 5) is 0. The molecule has 0 aromatic heterocycles. The highest BCUT2D eigenvalue weighted by molar-refractivity contribution is 6.18. The summed E-state index contributed by atoms with van der Waals surface area (Å²) in [7, 11) is 0. The summed E-state index contributed by atoms with van der Waals surface area (Å²) in [5, 5.41) is 2.32. The molecule has 0 unspecified atom stereocenters. The quantitative estimate of drug-likeness (QED) is 0.455. The van der Waals surface area contributed by atoms with Crippen molar-refractivity contribution in [2.75, 3.05) is 19.1 Å².